The zero-order chi connectivity index (χ0) is 23.5. The van der Waals surface area contributed by atoms with Crippen molar-refractivity contribution in [3.8, 4) is 11.1 Å². The van der Waals surface area contributed by atoms with E-state index >= 15 is 0 Å². The van der Waals surface area contributed by atoms with Crippen LogP contribution in [0.3, 0.4) is 0 Å². The average molecular weight is 483 g/mol. The number of benzene rings is 3. The molecule has 0 unspecified atom stereocenters. The second-order valence-corrected chi connectivity index (χ2v) is 8.12. The van der Waals surface area contributed by atoms with Crippen molar-refractivity contribution in [2.45, 2.75) is 13.0 Å². The van der Waals surface area contributed by atoms with Gasteiger partial charge >= 0.3 is 29.6 Å². The second kappa shape index (κ2) is 11.0. The summed E-state index contributed by atoms with van der Waals surface area (Å²) in [7, 11) is 1.67. The molecule has 0 saturated carbocycles. The van der Waals surface area contributed by atoms with Gasteiger partial charge in [-0.1, -0.05) is 60.1 Å². The van der Waals surface area contributed by atoms with Crippen LogP contribution in [0.2, 0.25) is 5.02 Å². The minimum absolute atomic E-state index is 0. The monoisotopic (exact) mass is 482 g/mol. The number of amides is 1. The van der Waals surface area contributed by atoms with Crippen LogP contribution >= 0.6 is 11.6 Å². The predicted molar refractivity (Wildman–Crippen MR) is 126 cm³/mol. The van der Waals surface area contributed by atoms with Crippen molar-refractivity contribution in [1.29, 1.82) is 0 Å². The number of rotatable bonds is 6. The fraction of sp³-hybridized carbons (Fsp3) is 0.115. The molecule has 0 aliphatic rings. The molecule has 0 bridgehead atoms. The third-order valence-corrected chi connectivity index (χ3v) is 5.76. The smallest absolute Gasteiger partial charge is 0.545 e. The van der Waals surface area contributed by atoms with Crippen LogP contribution in [0.5, 0.6) is 0 Å². The molecule has 166 valence electrons. The number of pyridine rings is 1. The Morgan fingerprint density at radius 3 is 2.41 bits per heavy atom. The van der Waals surface area contributed by atoms with Crippen molar-refractivity contribution in [2.24, 2.45) is 7.05 Å². The Morgan fingerprint density at radius 1 is 0.971 bits per heavy atom. The van der Waals surface area contributed by atoms with Crippen LogP contribution in [-0.2, 0) is 24.8 Å². The van der Waals surface area contributed by atoms with Gasteiger partial charge in [0.25, 0.3) is 5.56 Å². The number of carbonyl (C=O) groups is 2. The molecule has 8 heteroatoms. The molecule has 4 rings (SSSR count). The van der Waals surface area contributed by atoms with Crippen molar-refractivity contribution < 1.29 is 44.3 Å². The number of carboxylic acid groups (broad SMARTS) is 1. The Hall–Kier alpha value is -2.90. The first-order chi connectivity index (χ1) is 15.8. The molecular weight excluding hydrogens is 463 g/mol. The van der Waals surface area contributed by atoms with Crippen LogP contribution in [0, 0.1) is 0 Å². The van der Waals surface area contributed by atoms with Crippen LogP contribution in [-0.4, -0.2) is 16.4 Å². The summed E-state index contributed by atoms with van der Waals surface area (Å²) in [5, 5.41) is 15.7. The van der Waals surface area contributed by atoms with E-state index in [4.69, 9.17) is 11.6 Å². The van der Waals surface area contributed by atoms with Gasteiger partial charge in [0.1, 0.15) is 0 Å². The summed E-state index contributed by atoms with van der Waals surface area (Å²) in [6.07, 6.45) is -0.00482. The van der Waals surface area contributed by atoms with Crippen LogP contribution < -0.4 is 45.5 Å². The molecule has 0 aliphatic carbocycles. The quantitative estimate of drug-likeness (QED) is 0.394. The van der Waals surface area contributed by atoms with E-state index in [1.165, 1.54) is 16.7 Å². The van der Waals surface area contributed by atoms with Crippen LogP contribution in [0.1, 0.15) is 21.6 Å². The van der Waals surface area contributed by atoms with Crippen molar-refractivity contribution >= 4 is 34.2 Å². The molecule has 1 aromatic heterocycles. The molecule has 1 N–H and O–H groups in total. The van der Waals surface area contributed by atoms with Crippen LogP contribution in [0.25, 0.3) is 21.9 Å². The minimum atomic E-state index is -1.30. The Bertz CT molecular complexity index is 1430. The molecule has 0 saturated heterocycles. The molecule has 4 aromatic rings. The van der Waals surface area contributed by atoms with Crippen molar-refractivity contribution in [3.63, 3.8) is 0 Å². The number of aromatic carboxylic acids is 1. The van der Waals surface area contributed by atoms with Gasteiger partial charge in [0.15, 0.2) is 0 Å². The summed E-state index contributed by atoms with van der Waals surface area (Å²) < 4.78 is 1.54. The number of aromatic nitrogens is 1. The molecule has 0 atom stereocenters. The van der Waals surface area contributed by atoms with Crippen LogP contribution in [0.4, 0.5) is 0 Å². The second-order valence-electron chi connectivity index (χ2n) is 7.68. The summed E-state index contributed by atoms with van der Waals surface area (Å²) in [5.74, 6) is -1.60. The molecule has 3 aromatic carbocycles. The van der Waals surface area contributed by atoms with E-state index in [1.54, 1.807) is 37.4 Å². The fourth-order valence-electron chi connectivity index (χ4n) is 3.91. The van der Waals surface area contributed by atoms with E-state index in [9.17, 15) is 19.5 Å². The van der Waals surface area contributed by atoms with Gasteiger partial charge in [0.05, 0.1) is 18.9 Å². The first kappa shape index (κ1) is 25.7. The average Bonchev–Trinajstić information content (AvgIpc) is 2.81. The Kier molecular flexibility index (Phi) is 8.33. The number of hydrogen-bond acceptors (Lipinski definition) is 4. The molecule has 1 heterocycles. The van der Waals surface area contributed by atoms with Gasteiger partial charge in [0.2, 0.25) is 5.91 Å². The van der Waals surface area contributed by atoms with Gasteiger partial charge in [-0.2, -0.15) is 0 Å². The van der Waals surface area contributed by atoms with E-state index < -0.39 is 5.97 Å². The van der Waals surface area contributed by atoms with Gasteiger partial charge in [-0.25, -0.2) is 0 Å². The third kappa shape index (κ3) is 5.42. The number of carboxylic acids is 1. The first-order valence-corrected chi connectivity index (χ1v) is 10.7. The van der Waals surface area contributed by atoms with Crippen molar-refractivity contribution in [1.82, 2.24) is 9.88 Å². The minimum Gasteiger partial charge on any atom is -0.545 e. The molecule has 0 spiro atoms. The van der Waals surface area contributed by atoms with E-state index in [2.05, 4.69) is 5.32 Å². The number of carbonyl (C=O) groups excluding carboxylic acids is 2. The summed E-state index contributed by atoms with van der Waals surface area (Å²) in [6.45, 7) is 0.109. The van der Waals surface area contributed by atoms with Gasteiger partial charge in [-0.3, -0.25) is 9.59 Å². The summed E-state index contributed by atoms with van der Waals surface area (Å²) >= 11 is 6.25. The first-order valence-electron chi connectivity index (χ1n) is 10.3. The number of nitrogens with one attached hydrogen (secondary N) is 1. The molecular formula is C26H20ClN2NaO4. The number of fused-ring (bicyclic) bond motifs is 1. The van der Waals surface area contributed by atoms with Gasteiger partial charge in [0, 0.05) is 28.7 Å². The number of hydrogen-bond donors (Lipinski definition) is 1. The van der Waals surface area contributed by atoms with Crippen molar-refractivity contribution in [3.05, 3.63) is 105 Å². The molecule has 0 radical (unpaired) electrons. The number of nitrogens with zero attached hydrogens (tertiary/aromatic N) is 1. The van der Waals surface area contributed by atoms with E-state index in [-0.39, 0.29) is 59.6 Å². The molecule has 34 heavy (non-hydrogen) atoms. The Balaban J connectivity index is 0.00000324. The Labute approximate surface area is 223 Å². The predicted octanol–water partition coefficient (Wildman–Crippen LogP) is 0.0853. The fourth-order valence-corrected chi connectivity index (χ4v) is 4.08. The zero-order valence-electron chi connectivity index (χ0n) is 18.8. The summed E-state index contributed by atoms with van der Waals surface area (Å²) in [6, 6.07) is 20.8. The van der Waals surface area contributed by atoms with Crippen molar-refractivity contribution in [2.75, 3.05) is 0 Å². The van der Waals surface area contributed by atoms with E-state index in [0.717, 1.165) is 11.1 Å². The zero-order valence-corrected chi connectivity index (χ0v) is 21.6. The van der Waals surface area contributed by atoms with E-state index in [1.807, 2.05) is 30.3 Å². The van der Waals surface area contributed by atoms with Crippen LogP contribution in [0.15, 0.2) is 77.6 Å². The maximum Gasteiger partial charge on any atom is 1.00 e. The SMILES string of the molecule is Cn1c(CNC(=O)Cc2cccc(C(=O)[O-])c2)c(-c2ccccc2)c2cc(Cl)ccc2c1=O.[Na+]. The summed E-state index contributed by atoms with van der Waals surface area (Å²) in [5.41, 5.74) is 2.72. The standard InChI is InChI=1S/C26H21ClN2O4.Na/c1-29-22(15-28-23(30)13-16-6-5-9-18(12-16)26(32)33)24(17-7-3-2-4-8-17)21-14-19(27)10-11-20(21)25(29)31;/h2-12,14H,13,15H2,1H3,(H,28,30)(H,32,33);/q;+1/p-1. The van der Waals surface area contributed by atoms with Gasteiger partial charge < -0.3 is 19.8 Å². The van der Waals surface area contributed by atoms with Gasteiger partial charge in [-0.15, -0.1) is 0 Å². The topological polar surface area (TPSA) is 91.2 Å². The van der Waals surface area contributed by atoms with E-state index in [0.29, 0.717) is 27.1 Å². The maximum absolute atomic E-state index is 13.0. The third-order valence-electron chi connectivity index (χ3n) is 5.52. The largest absolute Gasteiger partial charge is 1.00 e. The number of halogens is 1. The summed E-state index contributed by atoms with van der Waals surface area (Å²) in [4.78, 5) is 36.7. The Morgan fingerprint density at radius 2 is 1.71 bits per heavy atom. The normalized spacial score (nSPS) is 10.5. The molecule has 0 fully saturated rings. The molecule has 6 nitrogen and oxygen atoms in total. The van der Waals surface area contributed by atoms with Gasteiger partial charge in [-0.05, 0) is 46.3 Å². The molecule has 1 amide bonds. The maximum atomic E-state index is 13.0. The molecule has 0 aliphatic heterocycles.